The molecule has 2 aliphatic heterocycles. The molecule has 1 aromatic heterocycles. The molecule has 4 rings (SSSR count). The number of nitrogens with zero attached hydrogens (tertiary/aromatic N) is 3. The fraction of sp³-hybridized carbons (Fsp3) is 0.500. The number of ether oxygens (including phenoxy) is 1. The predicted molar refractivity (Wildman–Crippen MR) is 100 cm³/mol. The van der Waals surface area contributed by atoms with E-state index in [0.717, 1.165) is 62.6 Å². The number of imidazole rings is 1. The van der Waals surface area contributed by atoms with E-state index in [9.17, 15) is 4.79 Å². The first-order valence-corrected chi connectivity index (χ1v) is 9.47. The minimum Gasteiger partial charge on any atom is -0.381 e. The molecule has 0 unspecified atom stereocenters. The molecule has 1 atom stereocenters. The van der Waals surface area contributed by atoms with Crippen LogP contribution in [0, 0.1) is 6.92 Å². The normalized spacial score (nSPS) is 21.8. The van der Waals surface area contributed by atoms with Gasteiger partial charge in [-0.05, 0) is 63.4 Å². The van der Waals surface area contributed by atoms with Gasteiger partial charge in [0.15, 0.2) is 0 Å². The Morgan fingerprint density at radius 3 is 2.65 bits per heavy atom. The van der Waals surface area contributed by atoms with Crippen molar-refractivity contribution < 1.29 is 9.53 Å². The topological polar surface area (TPSA) is 59.4 Å². The molecule has 0 aliphatic carbocycles. The van der Waals surface area contributed by atoms with Crippen molar-refractivity contribution in [1.82, 2.24) is 14.5 Å². The molecule has 1 N–H and O–H groups in total. The van der Waals surface area contributed by atoms with Gasteiger partial charge < -0.3 is 14.6 Å². The molecule has 2 aromatic rings. The third kappa shape index (κ3) is 3.52. The fourth-order valence-corrected chi connectivity index (χ4v) is 4.11. The molecule has 26 heavy (non-hydrogen) atoms. The lowest BCUT2D eigenvalue weighted by Gasteiger charge is -2.34. The number of rotatable bonds is 4. The Hall–Kier alpha value is -2.18. The van der Waals surface area contributed by atoms with Crippen LogP contribution in [-0.2, 0) is 9.53 Å². The summed E-state index contributed by atoms with van der Waals surface area (Å²) in [7, 11) is 0. The van der Waals surface area contributed by atoms with E-state index in [4.69, 9.17) is 4.74 Å². The van der Waals surface area contributed by atoms with Gasteiger partial charge in [0, 0.05) is 43.0 Å². The van der Waals surface area contributed by atoms with Crippen LogP contribution in [0.4, 0.5) is 5.69 Å². The minimum atomic E-state index is -0.0198. The van der Waals surface area contributed by atoms with Crippen molar-refractivity contribution >= 4 is 11.6 Å². The number of aryl methyl sites for hydroxylation is 1. The summed E-state index contributed by atoms with van der Waals surface area (Å²) in [6.07, 6.45) is 7.82. The van der Waals surface area contributed by atoms with Crippen LogP contribution in [0.15, 0.2) is 36.7 Å². The Bertz CT molecular complexity index is 749. The molecule has 0 saturated carbocycles. The predicted octanol–water partition coefficient (Wildman–Crippen LogP) is 2.76. The maximum absolute atomic E-state index is 12.8. The van der Waals surface area contributed by atoms with E-state index in [1.165, 1.54) is 0 Å². The van der Waals surface area contributed by atoms with Gasteiger partial charge in [-0.2, -0.15) is 0 Å². The van der Waals surface area contributed by atoms with E-state index >= 15 is 0 Å². The number of aromatic nitrogens is 2. The molecule has 2 saturated heterocycles. The summed E-state index contributed by atoms with van der Waals surface area (Å²) < 4.78 is 7.49. The van der Waals surface area contributed by atoms with E-state index in [1.807, 2.05) is 42.0 Å². The first kappa shape index (κ1) is 17.2. The summed E-state index contributed by atoms with van der Waals surface area (Å²) in [6, 6.07) is 8.40. The molecule has 1 aromatic carbocycles. The maximum atomic E-state index is 12.8. The van der Waals surface area contributed by atoms with Crippen molar-refractivity contribution in [2.75, 3.05) is 25.1 Å². The monoisotopic (exact) mass is 354 g/mol. The van der Waals surface area contributed by atoms with Crippen molar-refractivity contribution in [3.63, 3.8) is 0 Å². The second-order valence-corrected chi connectivity index (χ2v) is 7.12. The van der Waals surface area contributed by atoms with Crippen molar-refractivity contribution in [2.24, 2.45) is 0 Å². The summed E-state index contributed by atoms with van der Waals surface area (Å²) in [6.45, 7) is 4.61. The van der Waals surface area contributed by atoms with Gasteiger partial charge in [-0.15, -0.1) is 0 Å². The molecule has 3 heterocycles. The third-order valence-corrected chi connectivity index (χ3v) is 5.50. The van der Waals surface area contributed by atoms with Gasteiger partial charge in [-0.25, -0.2) is 4.98 Å². The van der Waals surface area contributed by atoms with Crippen LogP contribution in [0.2, 0.25) is 0 Å². The zero-order valence-corrected chi connectivity index (χ0v) is 15.2. The number of nitrogens with one attached hydrogen (secondary N) is 1. The van der Waals surface area contributed by atoms with Gasteiger partial charge in [0.05, 0.1) is 6.04 Å². The highest BCUT2D eigenvalue weighted by atomic mass is 16.5. The third-order valence-electron chi connectivity index (χ3n) is 5.50. The van der Waals surface area contributed by atoms with E-state index in [0.29, 0.717) is 6.04 Å². The molecule has 2 fully saturated rings. The molecular formula is C20H26N4O2. The molecule has 0 radical (unpaired) electrons. The Morgan fingerprint density at radius 2 is 1.96 bits per heavy atom. The van der Waals surface area contributed by atoms with Crippen molar-refractivity contribution in [2.45, 2.75) is 44.7 Å². The van der Waals surface area contributed by atoms with Crippen LogP contribution in [-0.4, -0.2) is 52.2 Å². The quantitative estimate of drug-likeness (QED) is 0.917. The average molecular weight is 354 g/mol. The van der Waals surface area contributed by atoms with E-state index < -0.39 is 0 Å². The Balaban J connectivity index is 1.41. The van der Waals surface area contributed by atoms with Gasteiger partial charge in [0.2, 0.25) is 5.91 Å². The van der Waals surface area contributed by atoms with Crippen molar-refractivity contribution in [3.05, 3.63) is 42.5 Å². The van der Waals surface area contributed by atoms with Gasteiger partial charge in [-0.1, -0.05) is 0 Å². The molecule has 2 aliphatic rings. The van der Waals surface area contributed by atoms with Gasteiger partial charge >= 0.3 is 0 Å². The van der Waals surface area contributed by atoms with E-state index in [-0.39, 0.29) is 11.9 Å². The molecule has 6 heteroatoms. The number of amides is 1. The summed E-state index contributed by atoms with van der Waals surface area (Å²) in [5.41, 5.74) is 1.89. The number of carbonyl (C=O) groups is 1. The molecule has 0 bridgehead atoms. The largest absolute Gasteiger partial charge is 0.381 e. The molecule has 1 amide bonds. The van der Waals surface area contributed by atoms with Gasteiger partial charge in [0.25, 0.3) is 0 Å². The molecule has 138 valence electrons. The van der Waals surface area contributed by atoms with Crippen LogP contribution < -0.4 is 5.32 Å². The summed E-state index contributed by atoms with van der Waals surface area (Å²) in [4.78, 5) is 19.5. The van der Waals surface area contributed by atoms with Crippen LogP contribution in [0.5, 0.6) is 0 Å². The standard InChI is InChI=1S/C20H26N4O2/c1-15-21-10-12-23(15)17-6-4-16(5-7-17)22-20(25)19-3-2-11-24(19)18-8-13-26-14-9-18/h4-7,10,12,18-19H,2-3,8-9,11,13-14H2,1H3,(H,22,25)/t19-/m1/s1. The van der Waals surface area contributed by atoms with Crippen LogP contribution in [0.25, 0.3) is 5.69 Å². The zero-order chi connectivity index (χ0) is 17.9. The number of hydrogen-bond donors (Lipinski definition) is 1. The smallest absolute Gasteiger partial charge is 0.241 e. The second kappa shape index (κ2) is 7.60. The fourth-order valence-electron chi connectivity index (χ4n) is 4.11. The van der Waals surface area contributed by atoms with Crippen molar-refractivity contribution in [1.29, 1.82) is 0 Å². The Kier molecular flexibility index (Phi) is 5.04. The number of carbonyl (C=O) groups excluding carboxylic acids is 1. The van der Waals surface area contributed by atoms with E-state index in [2.05, 4.69) is 15.2 Å². The lowest BCUT2D eigenvalue weighted by Crippen LogP contribution is -2.47. The number of likely N-dealkylation sites (tertiary alicyclic amines) is 1. The molecule has 0 spiro atoms. The van der Waals surface area contributed by atoms with Crippen molar-refractivity contribution in [3.8, 4) is 5.69 Å². The Labute approximate surface area is 154 Å². The maximum Gasteiger partial charge on any atom is 0.241 e. The van der Waals surface area contributed by atoms with Crippen LogP contribution >= 0.6 is 0 Å². The lowest BCUT2D eigenvalue weighted by atomic mass is 10.1. The Morgan fingerprint density at radius 1 is 1.19 bits per heavy atom. The van der Waals surface area contributed by atoms with Crippen LogP contribution in [0.3, 0.4) is 0 Å². The van der Waals surface area contributed by atoms with Gasteiger partial charge in [-0.3, -0.25) is 9.69 Å². The van der Waals surface area contributed by atoms with Crippen LogP contribution in [0.1, 0.15) is 31.5 Å². The summed E-state index contributed by atoms with van der Waals surface area (Å²) in [5, 5.41) is 3.10. The highest BCUT2D eigenvalue weighted by molar-refractivity contribution is 5.95. The number of benzene rings is 1. The number of hydrogen-bond acceptors (Lipinski definition) is 4. The minimum absolute atomic E-state index is 0.0198. The second-order valence-electron chi connectivity index (χ2n) is 7.12. The van der Waals surface area contributed by atoms with E-state index in [1.54, 1.807) is 6.20 Å². The highest BCUT2D eigenvalue weighted by Gasteiger charge is 2.35. The molecular weight excluding hydrogens is 328 g/mol. The SMILES string of the molecule is Cc1nccn1-c1ccc(NC(=O)[C@H]2CCCN2C2CCOCC2)cc1. The first-order chi connectivity index (χ1) is 12.7. The highest BCUT2D eigenvalue weighted by Crippen LogP contribution is 2.26. The molecule has 6 nitrogen and oxygen atoms in total. The summed E-state index contributed by atoms with van der Waals surface area (Å²) in [5.74, 6) is 1.06. The average Bonchev–Trinajstić information content (AvgIpc) is 3.32. The first-order valence-electron chi connectivity index (χ1n) is 9.47. The zero-order valence-electron chi connectivity index (χ0n) is 15.2. The lowest BCUT2D eigenvalue weighted by molar-refractivity contribution is -0.121. The summed E-state index contributed by atoms with van der Waals surface area (Å²) >= 11 is 0. The van der Waals surface area contributed by atoms with Gasteiger partial charge in [0.1, 0.15) is 5.82 Å². The number of anilines is 1.